The second kappa shape index (κ2) is 10.5. The smallest absolute Gasteiger partial charge is 0.425 e. The Balaban J connectivity index is 1.29. The zero-order valence-electron chi connectivity index (χ0n) is 19.1. The molecule has 2 bridgehead atoms. The van der Waals surface area contributed by atoms with Gasteiger partial charge >= 0.3 is 6.16 Å². The number of carbonyl (C=O) groups excluding carboxylic acids is 2. The molecule has 1 atom stereocenters. The van der Waals surface area contributed by atoms with Crippen molar-refractivity contribution in [3.63, 3.8) is 0 Å². The van der Waals surface area contributed by atoms with Crippen LogP contribution in [0.4, 0.5) is 4.79 Å². The number of piperidine rings is 3. The van der Waals surface area contributed by atoms with Gasteiger partial charge in [-0.3, -0.25) is 4.79 Å². The van der Waals surface area contributed by atoms with Crippen LogP contribution in [-0.4, -0.2) is 48.7 Å². The van der Waals surface area contributed by atoms with Gasteiger partial charge in [0.1, 0.15) is 13.1 Å². The molecule has 3 aliphatic heterocycles. The number of nitrogens with zero attached hydrogens (tertiary/aromatic N) is 1. The highest BCUT2D eigenvalue weighted by atomic mass is 79.9. The SMILES string of the molecule is O=C(OC(c1ccc(Br)cc1)c1ccc(Br)cc1)O[C@H]1C[N+]2(CC(=O)c3cccs3)CCC1CC2. The molecule has 5 nitrogen and oxygen atoms in total. The number of fused-ring (bicyclic) bond motifs is 3. The van der Waals surface area contributed by atoms with E-state index in [2.05, 4.69) is 31.9 Å². The molecule has 0 radical (unpaired) electrons. The summed E-state index contributed by atoms with van der Waals surface area (Å²) in [5.74, 6) is 0.491. The highest BCUT2D eigenvalue weighted by molar-refractivity contribution is 9.10. The first-order valence-corrected chi connectivity index (χ1v) is 14.2. The van der Waals surface area contributed by atoms with Crippen LogP contribution in [0.25, 0.3) is 0 Å². The quantitative estimate of drug-likeness (QED) is 0.162. The number of hydrogen-bond acceptors (Lipinski definition) is 5. The van der Waals surface area contributed by atoms with Crippen LogP contribution in [0.3, 0.4) is 0 Å². The fourth-order valence-electron chi connectivity index (χ4n) is 5.25. The van der Waals surface area contributed by atoms with Crippen molar-refractivity contribution in [1.82, 2.24) is 0 Å². The predicted molar refractivity (Wildman–Crippen MR) is 143 cm³/mol. The van der Waals surface area contributed by atoms with Crippen molar-refractivity contribution < 1.29 is 23.5 Å². The molecule has 0 aliphatic carbocycles. The molecule has 1 aromatic heterocycles. The highest BCUT2D eigenvalue weighted by Crippen LogP contribution is 2.37. The Bertz CT molecular complexity index is 1130. The van der Waals surface area contributed by atoms with Crippen LogP contribution < -0.4 is 0 Å². The molecule has 3 saturated heterocycles. The molecule has 0 unspecified atom stereocenters. The fraction of sp³-hybridized carbons (Fsp3) is 0.333. The van der Waals surface area contributed by atoms with Gasteiger partial charge in [0.2, 0.25) is 5.78 Å². The van der Waals surface area contributed by atoms with Gasteiger partial charge < -0.3 is 14.0 Å². The van der Waals surface area contributed by atoms with E-state index in [9.17, 15) is 9.59 Å². The Labute approximate surface area is 225 Å². The summed E-state index contributed by atoms with van der Waals surface area (Å²) in [6.45, 7) is 3.04. The van der Waals surface area contributed by atoms with Crippen molar-refractivity contribution in [3.05, 3.63) is 91.0 Å². The van der Waals surface area contributed by atoms with Crippen LogP contribution >= 0.6 is 43.2 Å². The molecule has 0 N–H and O–H groups in total. The summed E-state index contributed by atoms with van der Waals surface area (Å²) in [5.41, 5.74) is 1.73. The minimum Gasteiger partial charge on any atom is -0.425 e. The Hall–Kier alpha value is -2.00. The summed E-state index contributed by atoms with van der Waals surface area (Å²) >= 11 is 8.42. The highest BCUT2D eigenvalue weighted by Gasteiger charge is 2.49. The molecule has 3 aromatic rings. The molecule has 8 heteroatoms. The van der Waals surface area contributed by atoms with Crippen molar-refractivity contribution >= 4 is 55.1 Å². The van der Waals surface area contributed by atoms with Gasteiger partial charge in [-0.25, -0.2) is 4.79 Å². The van der Waals surface area contributed by atoms with Gasteiger partial charge in [-0.15, -0.1) is 11.3 Å². The Morgan fingerprint density at radius 1 is 0.943 bits per heavy atom. The van der Waals surface area contributed by atoms with E-state index in [0.717, 1.165) is 50.9 Å². The molecule has 35 heavy (non-hydrogen) atoms. The molecule has 0 amide bonds. The second-order valence-electron chi connectivity index (χ2n) is 9.37. The van der Waals surface area contributed by atoms with Gasteiger partial charge in [0.05, 0.1) is 18.0 Å². The van der Waals surface area contributed by atoms with E-state index in [-0.39, 0.29) is 11.9 Å². The number of halogens is 2. The molecule has 3 fully saturated rings. The van der Waals surface area contributed by atoms with Crippen LogP contribution in [0.15, 0.2) is 75.0 Å². The maximum Gasteiger partial charge on any atom is 0.509 e. The molecule has 2 aromatic carbocycles. The summed E-state index contributed by atoms with van der Waals surface area (Å²) in [5, 5.41) is 1.94. The summed E-state index contributed by atoms with van der Waals surface area (Å²) in [6.07, 6.45) is 0.434. The minimum absolute atomic E-state index is 0.173. The molecule has 3 aliphatic rings. The van der Waals surface area contributed by atoms with E-state index in [0.29, 0.717) is 23.5 Å². The lowest BCUT2D eigenvalue weighted by Gasteiger charge is -2.51. The fourth-order valence-corrected chi connectivity index (χ4v) is 6.43. The van der Waals surface area contributed by atoms with Gasteiger partial charge in [0, 0.05) is 27.7 Å². The summed E-state index contributed by atoms with van der Waals surface area (Å²) < 4.78 is 14.5. The van der Waals surface area contributed by atoms with Gasteiger partial charge in [0.15, 0.2) is 12.2 Å². The maximum absolute atomic E-state index is 13.1. The third kappa shape index (κ3) is 5.71. The van der Waals surface area contributed by atoms with Gasteiger partial charge in [-0.2, -0.15) is 0 Å². The number of ether oxygens (including phenoxy) is 2. The average molecular weight is 620 g/mol. The topological polar surface area (TPSA) is 52.6 Å². The largest absolute Gasteiger partial charge is 0.509 e. The Kier molecular flexibility index (Phi) is 7.44. The van der Waals surface area contributed by atoms with E-state index in [4.69, 9.17) is 9.47 Å². The van der Waals surface area contributed by atoms with Crippen molar-refractivity contribution in [2.75, 3.05) is 26.2 Å². The third-order valence-corrected chi connectivity index (χ3v) is 9.09. The van der Waals surface area contributed by atoms with Gasteiger partial charge in [-0.05, 0) is 46.8 Å². The van der Waals surface area contributed by atoms with Crippen molar-refractivity contribution in [2.24, 2.45) is 5.92 Å². The standard InChI is InChI=1S/C27H26Br2NO4S/c28-21-7-3-19(4-8-21)26(20-5-9-22(29)10-6-20)34-27(32)33-24-17-30(13-11-18(24)12-14-30)16-23(31)25-2-1-15-35-25/h1-10,15,18,24,26H,11-14,16-17H2/q+1/t18?,24-,30?/m0/s1. The average Bonchev–Trinajstić information content (AvgIpc) is 3.40. The summed E-state index contributed by atoms with van der Waals surface area (Å²) in [7, 11) is 0. The first-order valence-electron chi connectivity index (χ1n) is 11.7. The number of thiophene rings is 1. The zero-order chi connectivity index (χ0) is 24.4. The lowest BCUT2D eigenvalue weighted by molar-refractivity contribution is -0.938. The Morgan fingerprint density at radius 2 is 1.54 bits per heavy atom. The van der Waals surface area contributed by atoms with E-state index in [1.165, 1.54) is 11.3 Å². The lowest BCUT2D eigenvalue weighted by atomic mass is 9.83. The maximum atomic E-state index is 13.1. The Morgan fingerprint density at radius 3 is 2.09 bits per heavy atom. The van der Waals surface area contributed by atoms with Crippen LogP contribution in [-0.2, 0) is 9.47 Å². The lowest BCUT2D eigenvalue weighted by Crippen LogP contribution is -2.65. The van der Waals surface area contributed by atoms with E-state index < -0.39 is 12.3 Å². The van der Waals surface area contributed by atoms with Crippen LogP contribution in [0, 0.1) is 5.92 Å². The number of hydrogen-bond donors (Lipinski definition) is 0. The second-order valence-corrected chi connectivity index (χ2v) is 12.2. The van der Waals surface area contributed by atoms with Crippen molar-refractivity contribution in [2.45, 2.75) is 25.0 Å². The zero-order valence-corrected chi connectivity index (χ0v) is 23.1. The van der Waals surface area contributed by atoms with Crippen molar-refractivity contribution in [1.29, 1.82) is 0 Å². The monoisotopic (exact) mass is 618 g/mol. The first-order chi connectivity index (χ1) is 16.9. The van der Waals surface area contributed by atoms with Crippen LogP contribution in [0.5, 0.6) is 0 Å². The van der Waals surface area contributed by atoms with E-state index in [1.807, 2.05) is 66.0 Å². The summed E-state index contributed by atoms with van der Waals surface area (Å²) in [6, 6.07) is 19.3. The minimum atomic E-state index is -0.665. The number of ketones is 1. The molecular weight excluding hydrogens is 594 g/mol. The van der Waals surface area contributed by atoms with Gasteiger partial charge in [0.25, 0.3) is 0 Å². The molecule has 4 heterocycles. The van der Waals surface area contributed by atoms with Gasteiger partial charge in [-0.1, -0.05) is 62.2 Å². The number of benzene rings is 2. The number of carbonyl (C=O) groups is 2. The van der Waals surface area contributed by atoms with E-state index >= 15 is 0 Å². The molecule has 0 saturated carbocycles. The number of quaternary nitrogens is 1. The normalized spacial score (nSPS) is 23.3. The number of Topliss-reactive ketones (excluding diaryl/α,β-unsaturated/α-hetero) is 1. The molecule has 0 spiro atoms. The van der Waals surface area contributed by atoms with Crippen LogP contribution in [0.1, 0.15) is 39.7 Å². The first kappa shape index (κ1) is 24.7. The molecular formula is C27H26Br2NO4S+. The molecule has 6 rings (SSSR count). The predicted octanol–water partition coefficient (Wildman–Crippen LogP) is 7.01. The third-order valence-electron chi connectivity index (χ3n) is 7.12. The van der Waals surface area contributed by atoms with Crippen LogP contribution in [0.2, 0.25) is 0 Å². The number of rotatable bonds is 7. The van der Waals surface area contributed by atoms with E-state index in [1.54, 1.807) is 0 Å². The van der Waals surface area contributed by atoms with Crippen molar-refractivity contribution in [3.8, 4) is 0 Å². The molecule has 182 valence electrons. The summed E-state index contributed by atoms with van der Waals surface area (Å²) in [4.78, 5) is 26.7.